The molecule has 1 unspecified atom stereocenters. The lowest BCUT2D eigenvalue weighted by Gasteiger charge is -2.22. The van der Waals surface area contributed by atoms with E-state index in [0.717, 1.165) is 12.8 Å². The molecule has 3 nitrogen and oxygen atoms in total. The maximum atomic E-state index is 11.0. The van der Waals surface area contributed by atoms with Gasteiger partial charge >= 0.3 is 5.97 Å². The van der Waals surface area contributed by atoms with Crippen molar-refractivity contribution in [3.63, 3.8) is 0 Å². The van der Waals surface area contributed by atoms with Crippen LogP contribution in [0.5, 0.6) is 0 Å². The van der Waals surface area contributed by atoms with Gasteiger partial charge in [-0.3, -0.25) is 4.79 Å². The first-order valence-corrected chi connectivity index (χ1v) is 4.87. The molecule has 0 aromatic heterocycles. The molecule has 0 rings (SSSR count). The summed E-state index contributed by atoms with van der Waals surface area (Å²) in [5.74, 6) is -0.221. The summed E-state index contributed by atoms with van der Waals surface area (Å²) in [6.45, 7) is 4.05. The molecule has 0 aliphatic carbocycles. The fraction of sp³-hybridized carbons (Fsp3) is 0.900. The molecule has 13 heavy (non-hydrogen) atoms. The van der Waals surface area contributed by atoms with Crippen LogP contribution in [0.1, 0.15) is 46.0 Å². The second-order valence-corrected chi connectivity index (χ2v) is 3.86. The average Bonchev–Trinajstić information content (AvgIpc) is 2.03. The molecule has 0 aliphatic heterocycles. The van der Waals surface area contributed by atoms with Crippen molar-refractivity contribution < 1.29 is 9.53 Å². The molecular formula is C10H21NO2. The van der Waals surface area contributed by atoms with Gasteiger partial charge in [0, 0.05) is 5.54 Å². The highest BCUT2D eigenvalue weighted by Gasteiger charge is 2.22. The van der Waals surface area contributed by atoms with Crippen LogP contribution < -0.4 is 5.73 Å². The number of ether oxygens (including phenoxy) is 1. The molecule has 0 saturated carbocycles. The summed E-state index contributed by atoms with van der Waals surface area (Å²) >= 11 is 0. The lowest BCUT2D eigenvalue weighted by atomic mass is 9.92. The van der Waals surface area contributed by atoms with Gasteiger partial charge in [-0.2, -0.15) is 0 Å². The van der Waals surface area contributed by atoms with Gasteiger partial charge in [0.2, 0.25) is 0 Å². The largest absolute Gasteiger partial charge is 0.469 e. The van der Waals surface area contributed by atoms with E-state index >= 15 is 0 Å². The Morgan fingerprint density at radius 3 is 2.54 bits per heavy atom. The maximum Gasteiger partial charge on any atom is 0.307 e. The molecule has 0 fully saturated rings. The molecule has 3 heteroatoms. The van der Waals surface area contributed by atoms with Crippen LogP contribution in [0.2, 0.25) is 0 Å². The highest BCUT2D eigenvalue weighted by atomic mass is 16.5. The number of carbonyl (C=O) groups is 1. The fourth-order valence-electron chi connectivity index (χ4n) is 1.27. The molecule has 78 valence electrons. The van der Waals surface area contributed by atoms with E-state index in [9.17, 15) is 4.79 Å². The summed E-state index contributed by atoms with van der Waals surface area (Å²) in [4.78, 5) is 11.0. The van der Waals surface area contributed by atoms with Gasteiger partial charge in [-0.1, -0.05) is 26.2 Å². The van der Waals surface area contributed by atoms with Gasteiger partial charge in [-0.15, -0.1) is 0 Å². The summed E-state index contributed by atoms with van der Waals surface area (Å²) < 4.78 is 4.57. The minimum atomic E-state index is -0.401. The Morgan fingerprint density at radius 2 is 2.08 bits per heavy atom. The maximum absolute atomic E-state index is 11.0. The minimum Gasteiger partial charge on any atom is -0.469 e. The van der Waals surface area contributed by atoms with Crippen LogP contribution in [0.15, 0.2) is 0 Å². The first-order valence-electron chi connectivity index (χ1n) is 4.87. The van der Waals surface area contributed by atoms with Crippen LogP contribution in [0, 0.1) is 0 Å². The average molecular weight is 187 g/mol. The molecule has 0 amide bonds. The van der Waals surface area contributed by atoms with Gasteiger partial charge in [0.15, 0.2) is 0 Å². The van der Waals surface area contributed by atoms with Gasteiger partial charge in [0.1, 0.15) is 0 Å². The second-order valence-electron chi connectivity index (χ2n) is 3.86. The molecule has 0 aromatic carbocycles. The normalized spacial score (nSPS) is 15.1. The van der Waals surface area contributed by atoms with Crippen LogP contribution in [0.4, 0.5) is 0 Å². The first kappa shape index (κ1) is 12.4. The molecule has 2 N–H and O–H groups in total. The van der Waals surface area contributed by atoms with Gasteiger partial charge in [0.25, 0.3) is 0 Å². The summed E-state index contributed by atoms with van der Waals surface area (Å²) in [5, 5.41) is 0. The van der Waals surface area contributed by atoms with Crippen molar-refractivity contribution in [3.05, 3.63) is 0 Å². The lowest BCUT2D eigenvalue weighted by molar-refractivity contribution is -0.141. The Bertz CT molecular complexity index is 155. The van der Waals surface area contributed by atoms with Crippen LogP contribution >= 0.6 is 0 Å². The molecule has 0 aliphatic rings. The number of methoxy groups -OCH3 is 1. The minimum absolute atomic E-state index is 0.221. The highest BCUT2D eigenvalue weighted by molar-refractivity contribution is 5.70. The Morgan fingerprint density at radius 1 is 1.46 bits per heavy atom. The first-order chi connectivity index (χ1) is 6.02. The number of unbranched alkanes of at least 4 members (excludes halogenated alkanes) is 2. The summed E-state index contributed by atoms with van der Waals surface area (Å²) in [7, 11) is 1.39. The van der Waals surface area contributed by atoms with E-state index in [-0.39, 0.29) is 5.97 Å². The number of esters is 1. The van der Waals surface area contributed by atoms with Crippen LogP contribution in [-0.4, -0.2) is 18.6 Å². The molecule has 0 bridgehead atoms. The van der Waals surface area contributed by atoms with Gasteiger partial charge in [-0.05, 0) is 13.3 Å². The van der Waals surface area contributed by atoms with Crippen molar-refractivity contribution in [2.75, 3.05) is 7.11 Å². The molecule has 1 atom stereocenters. The zero-order chi connectivity index (χ0) is 10.3. The lowest BCUT2D eigenvalue weighted by Crippen LogP contribution is -2.38. The van der Waals surface area contributed by atoms with Gasteiger partial charge < -0.3 is 10.5 Å². The quantitative estimate of drug-likeness (QED) is 0.510. The van der Waals surface area contributed by atoms with E-state index in [4.69, 9.17) is 5.73 Å². The van der Waals surface area contributed by atoms with Crippen molar-refractivity contribution in [1.82, 2.24) is 0 Å². The smallest absolute Gasteiger partial charge is 0.307 e. The number of carbonyl (C=O) groups excluding carboxylic acids is 1. The Hall–Kier alpha value is -0.570. The summed E-state index contributed by atoms with van der Waals surface area (Å²) in [5.41, 5.74) is 5.53. The van der Waals surface area contributed by atoms with Crippen LogP contribution in [-0.2, 0) is 9.53 Å². The van der Waals surface area contributed by atoms with E-state index in [1.807, 2.05) is 6.92 Å². The van der Waals surface area contributed by atoms with Crippen LogP contribution in [0.3, 0.4) is 0 Å². The monoisotopic (exact) mass is 187 g/mol. The van der Waals surface area contributed by atoms with Crippen molar-refractivity contribution in [3.8, 4) is 0 Å². The fourth-order valence-corrected chi connectivity index (χ4v) is 1.27. The van der Waals surface area contributed by atoms with Gasteiger partial charge in [-0.25, -0.2) is 0 Å². The van der Waals surface area contributed by atoms with E-state index < -0.39 is 5.54 Å². The number of rotatable bonds is 6. The molecule has 0 aromatic rings. The topological polar surface area (TPSA) is 52.3 Å². The third-order valence-corrected chi connectivity index (χ3v) is 2.13. The molecule has 0 saturated heterocycles. The molecular weight excluding hydrogens is 166 g/mol. The Labute approximate surface area is 80.6 Å². The number of hydrogen-bond donors (Lipinski definition) is 1. The number of hydrogen-bond acceptors (Lipinski definition) is 3. The molecule has 0 radical (unpaired) electrons. The standard InChI is InChI=1S/C10H21NO2/c1-4-5-6-7-10(2,11)8-9(12)13-3/h4-8,11H2,1-3H3. The van der Waals surface area contributed by atoms with Crippen molar-refractivity contribution in [1.29, 1.82) is 0 Å². The van der Waals surface area contributed by atoms with Crippen molar-refractivity contribution in [2.24, 2.45) is 5.73 Å². The second kappa shape index (κ2) is 5.97. The Balaban J connectivity index is 3.72. The third kappa shape index (κ3) is 6.58. The summed E-state index contributed by atoms with van der Waals surface area (Å²) in [6, 6.07) is 0. The molecule has 0 heterocycles. The number of nitrogens with two attached hydrogens (primary N) is 1. The third-order valence-electron chi connectivity index (χ3n) is 2.13. The zero-order valence-corrected chi connectivity index (χ0v) is 8.93. The Kier molecular flexibility index (Phi) is 5.71. The van der Waals surface area contributed by atoms with E-state index in [2.05, 4.69) is 11.7 Å². The van der Waals surface area contributed by atoms with Crippen molar-refractivity contribution in [2.45, 2.75) is 51.5 Å². The van der Waals surface area contributed by atoms with E-state index in [0.29, 0.717) is 6.42 Å². The van der Waals surface area contributed by atoms with Gasteiger partial charge in [0.05, 0.1) is 13.5 Å². The SMILES string of the molecule is CCCCCC(C)(N)CC(=O)OC. The zero-order valence-electron chi connectivity index (χ0n) is 8.93. The molecule has 0 spiro atoms. The highest BCUT2D eigenvalue weighted by Crippen LogP contribution is 2.16. The van der Waals surface area contributed by atoms with E-state index in [1.54, 1.807) is 0 Å². The van der Waals surface area contributed by atoms with Crippen LogP contribution in [0.25, 0.3) is 0 Å². The summed E-state index contributed by atoms with van der Waals surface area (Å²) in [6.07, 6.45) is 4.63. The predicted molar refractivity (Wildman–Crippen MR) is 53.4 cm³/mol. The van der Waals surface area contributed by atoms with Crippen molar-refractivity contribution >= 4 is 5.97 Å². The van der Waals surface area contributed by atoms with E-state index in [1.165, 1.54) is 20.0 Å². The predicted octanol–water partition coefficient (Wildman–Crippen LogP) is 1.85.